The van der Waals surface area contributed by atoms with E-state index in [0.29, 0.717) is 22.5 Å². The van der Waals surface area contributed by atoms with Crippen molar-refractivity contribution in [2.75, 3.05) is 19.0 Å². The summed E-state index contributed by atoms with van der Waals surface area (Å²) in [6.07, 6.45) is -0.273. The molecule has 0 spiro atoms. The Labute approximate surface area is 125 Å². The number of alkyl halides is 2. The molecule has 0 bridgehead atoms. The predicted octanol–water partition coefficient (Wildman–Crippen LogP) is 3.37. The zero-order chi connectivity index (χ0) is 15.5. The minimum absolute atomic E-state index is 0.111. The summed E-state index contributed by atoms with van der Waals surface area (Å²) in [5.41, 5.74) is 0.876. The van der Waals surface area contributed by atoms with Crippen LogP contribution in [0.2, 0.25) is 0 Å². The number of hydrogen-bond acceptors (Lipinski definition) is 6. The molecule has 0 amide bonds. The Kier molecular flexibility index (Phi) is 4.66. The zero-order valence-corrected chi connectivity index (χ0v) is 12.8. The molecular weight excluding hydrogens is 298 g/mol. The van der Waals surface area contributed by atoms with Crippen LogP contribution in [0.5, 0.6) is 5.88 Å². The van der Waals surface area contributed by atoms with Crippen LogP contribution in [-0.4, -0.2) is 34.5 Å². The van der Waals surface area contributed by atoms with E-state index in [-0.39, 0.29) is 13.0 Å². The molecule has 5 nitrogen and oxygen atoms in total. The standard InChI is InChI=1S/C13H16F2N4OS/c1-8-7-21-12(17-8)11-18-9(6-10(19-11)20-3)16-5-4-13(2,14)15/h6-7H,4-5H2,1-3H3,(H,16,18,19). The highest BCUT2D eigenvalue weighted by molar-refractivity contribution is 7.13. The third kappa shape index (κ3) is 4.59. The van der Waals surface area contributed by atoms with E-state index in [1.54, 1.807) is 6.07 Å². The lowest BCUT2D eigenvalue weighted by Crippen LogP contribution is -2.16. The largest absolute Gasteiger partial charge is 0.481 e. The topological polar surface area (TPSA) is 59.9 Å². The average molecular weight is 314 g/mol. The molecule has 0 aliphatic carbocycles. The van der Waals surface area contributed by atoms with Gasteiger partial charge in [-0.25, -0.2) is 18.7 Å². The minimum atomic E-state index is -2.71. The van der Waals surface area contributed by atoms with Gasteiger partial charge in [-0.3, -0.25) is 0 Å². The third-order valence-corrected chi connectivity index (χ3v) is 3.55. The lowest BCUT2D eigenvalue weighted by atomic mass is 10.3. The number of ether oxygens (including phenoxy) is 1. The second-order valence-corrected chi connectivity index (χ2v) is 5.52. The third-order valence-electron chi connectivity index (χ3n) is 2.59. The van der Waals surface area contributed by atoms with Gasteiger partial charge in [-0.1, -0.05) is 0 Å². The van der Waals surface area contributed by atoms with Crippen LogP contribution in [-0.2, 0) is 0 Å². The summed E-state index contributed by atoms with van der Waals surface area (Å²) in [7, 11) is 1.49. The molecule has 8 heteroatoms. The summed E-state index contributed by atoms with van der Waals surface area (Å²) in [6, 6.07) is 1.57. The molecule has 0 fully saturated rings. The number of aryl methyl sites for hydroxylation is 1. The molecule has 0 aliphatic rings. The van der Waals surface area contributed by atoms with Crippen molar-refractivity contribution in [1.29, 1.82) is 0 Å². The van der Waals surface area contributed by atoms with Gasteiger partial charge in [-0.15, -0.1) is 11.3 Å². The maximum absolute atomic E-state index is 12.8. The summed E-state index contributed by atoms with van der Waals surface area (Å²) < 4.78 is 30.7. The first-order valence-electron chi connectivity index (χ1n) is 6.34. The molecule has 0 saturated heterocycles. The molecule has 2 heterocycles. The Morgan fingerprint density at radius 2 is 2.10 bits per heavy atom. The minimum Gasteiger partial charge on any atom is -0.481 e. The Bertz CT molecular complexity index is 612. The van der Waals surface area contributed by atoms with Crippen molar-refractivity contribution in [2.24, 2.45) is 0 Å². The number of nitrogens with zero attached hydrogens (tertiary/aromatic N) is 3. The fraction of sp³-hybridized carbons (Fsp3) is 0.462. The van der Waals surface area contributed by atoms with Gasteiger partial charge in [0.2, 0.25) is 11.8 Å². The van der Waals surface area contributed by atoms with Crippen molar-refractivity contribution in [3.8, 4) is 16.7 Å². The van der Waals surface area contributed by atoms with Gasteiger partial charge in [0, 0.05) is 30.1 Å². The Balaban J connectivity index is 2.18. The highest BCUT2D eigenvalue weighted by Crippen LogP contribution is 2.24. The van der Waals surface area contributed by atoms with E-state index in [2.05, 4.69) is 20.3 Å². The molecule has 0 aromatic carbocycles. The molecule has 2 rings (SSSR count). The summed E-state index contributed by atoms with van der Waals surface area (Å²) in [5, 5.41) is 5.41. The van der Waals surface area contributed by atoms with E-state index in [0.717, 1.165) is 12.6 Å². The van der Waals surface area contributed by atoms with Crippen LogP contribution in [0.15, 0.2) is 11.4 Å². The summed E-state index contributed by atoms with van der Waals surface area (Å²) in [5.74, 6) is -1.50. The zero-order valence-electron chi connectivity index (χ0n) is 12.0. The lowest BCUT2D eigenvalue weighted by molar-refractivity contribution is 0.0167. The van der Waals surface area contributed by atoms with Gasteiger partial charge in [0.1, 0.15) is 5.82 Å². The molecule has 21 heavy (non-hydrogen) atoms. The van der Waals surface area contributed by atoms with E-state index >= 15 is 0 Å². The van der Waals surface area contributed by atoms with Crippen molar-refractivity contribution < 1.29 is 13.5 Å². The first-order valence-corrected chi connectivity index (χ1v) is 7.22. The quantitative estimate of drug-likeness (QED) is 0.886. The second kappa shape index (κ2) is 6.30. The van der Waals surface area contributed by atoms with Crippen molar-refractivity contribution in [3.63, 3.8) is 0 Å². The highest BCUT2D eigenvalue weighted by Gasteiger charge is 2.20. The summed E-state index contributed by atoms with van der Waals surface area (Å²) >= 11 is 1.42. The molecule has 0 saturated carbocycles. The van der Waals surface area contributed by atoms with Crippen LogP contribution in [0.1, 0.15) is 19.0 Å². The molecule has 114 valence electrons. The number of nitrogens with one attached hydrogen (secondary N) is 1. The Morgan fingerprint density at radius 3 is 2.67 bits per heavy atom. The predicted molar refractivity (Wildman–Crippen MR) is 78.2 cm³/mol. The monoisotopic (exact) mass is 314 g/mol. The number of methoxy groups -OCH3 is 1. The Hall–Kier alpha value is -1.83. The summed E-state index contributed by atoms with van der Waals surface area (Å²) in [6.45, 7) is 2.88. The van der Waals surface area contributed by atoms with E-state index in [4.69, 9.17) is 4.74 Å². The lowest BCUT2D eigenvalue weighted by Gasteiger charge is -2.12. The van der Waals surface area contributed by atoms with Gasteiger partial charge in [-0.2, -0.15) is 4.98 Å². The number of hydrogen-bond donors (Lipinski definition) is 1. The SMILES string of the molecule is COc1cc(NCCC(C)(F)F)nc(-c2nc(C)cs2)n1. The molecular formula is C13H16F2N4OS. The Morgan fingerprint density at radius 1 is 1.33 bits per heavy atom. The van der Waals surface area contributed by atoms with Gasteiger partial charge in [0.25, 0.3) is 0 Å². The van der Waals surface area contributed by atoms with Gasteiger partial charge >= 0.3 is 0 Å². The molecule has 0 radical (unpaired) electrons. The molecule has 0 atom stereocenters. The van der Waals surface area contributed by atoms with E-state index in [1.165, 1.54) is 18.4 Å². The number of aromatic nitrogens is 3. The number of anilines is 1. The molecule has 2 aromatic rings. The molecule has 0 unspecified atom stereocenters. The van der Waals surface area contributed by atoms with Crippen molar-refractivity contribution in [2.45, 2.75) is 26.2 Å². The van der Waals surface area contributed by atoms with Crippen LogP contribution in [0, 0.1) is 6.92 Å². The maximum Gasteiger partial charge on any atom is 0.247 e. The van der Waals surface area contributed by atoms with Crippen molar-refractivity contribution in [3.05, 3.63) is 17.1 Å². The number of rotatable bonds is 6. The van der Waals surface area contributed by atoms with E-state index < -0.39 is 5.92 Å². The maximum atomic E-state index is 12.8. The fourth-order valence-corrected chi connectivity index (χ4v) is 2.31. The normalized spacial score (nSPS) is 11.5. The van der Waals surface area contributed by atoms with Crippen LogP contribution in [0.4, 0.5) is 14.6 Å². The van der Waals surface area contributed by atoms with Crippen LogP contribution >= 0.6 is 11.3 Å². The number of thiazole rings is 1. The van der Waals surface area contributed by atoms with Gasteiger partial charge in [-0.05, 0) is 13.8 Å². The summed E-state index contributed by atoms with van der Waals surface area (Å²) in [4.78, 5) is 12.8. The van der Waals surface area contributed by atoms with Crippen molar-refractivity contribution in [1.82, 2.24) is 15.0 Å². The highest BCUT2D eigenvalue weighted by atomic mass is 32.1. The average Bonchev–Trinajstić information content (AvgIpc) is 2.83. The first-order chi connectivity index (χ1) is 9.87. The fourth-order valence-electron chi connectivity index (χ4n) is 1.58. The van der Waals surface area contributed by atoms with Crippen molar-refractivity contribution >= 4 is 17.2 Å². The smallest absolute Gasteiger partial charge is 0.247 e. The van der Waals surface area contributed by atoms with Gasteiger partial charge in [0.05, 0.1) is 7.11 Å². The first kappa shape index (κ1) is 15.6. The van der Waals surface area contributed by atoms with Gasteiger partial charge in [0.15, 0.2) is 10.8 Å². The van der Waals surface area contributed by atoms with Gasteiger partial charge < -0.3 is 10.1 Å². The second-order valence-electron chi connectivity index (χ2n) is 4.66. The van der Waals surface area contributed by atoms with E-state index in [1.807, 2.05) is 12.3 Å². The number of halogens is 2. The van der Waals surface area contributed by atoms with Crippen LogP contribution < -0.4 is 10.1 Å². The molecule has 2 aromatic heterocycles. The molecule has 1 N–H and O–H groups in total. The van der Waals surface area contributed by atoms with Crippen LogP contribution in [0.25, 0.3) is 10.8 Å². The molecule has 0 aliphatic heterocycles. The van der Waals surface area contributed by atoms with E-state index in [9.17, 15) is 8.78 Å². The van der Waals surface area contributed by atoms with Crippen LogP contribution in [0.3, 0.4) is 0 Å².